The summed E-state index contributed by atoms with van der Waals surface area (Å²) in [6, 6.07) is -13.5. The van der Waals surface area contributed by atoms with E-state index < -0.39 is 176 Å². The minimum atomic E-state index is -1.98. The Labute approximate surface area is 445 Å². The van der Waals surface area contributed by atoms with E-state index in [1.165, 1.54) is 0 Å². The van der Waals surface area contributed by atoms with Crippen LogP contribution in [0.15, 0.2) is 0 Å². The molecule has 9 amide bonds. The van der Waals surface area contributed by atoms with Crippen LogP contribution in [-0.2, 0) is 57.5 Å². The van der Waals surface area contributed by atoms with E-state index in [1.54, 1.807) is 0 Å². The van der Waals surface area contributed by atoms with Gasteiger partial charge >= 0.3 is 17.9 Å². The first kappa shape index (κ1) is 69.3. The van der Waals surface area contributed by atoms with Gasteiger partial charge in [0, 0.05) is 32.5 Å². The van der Waals surface area contributed by atoms with Gasteiger partial charge in [-0.15, -0.1) is 0 Å². The second-order valence-electron chi connectivity index (χ2n) is 17.5. The maximum Gasteiger partial charge on any atom is 0.328 e. The fourth-order valence-corrected chi connectivity index (χ4v) is 6.68. The number of aliphatic hydroxyl groups is 2. The fourth-order valence-electron chi connectivity index (χ4n) is 6.68. The molecule has 36 nitrogen and oxygen atoms in total. The largest absolute Gasteiger partial charge is 0.481 e. The Kier molecular flexibility index (Phi) is 32.3. The van der Waals surface area contributed by atoms with E-state index in [0.29, 0.717) is 6.42 Å². The van der Waals surface area contributed by atoms with Crippen LogP contribution in [0.3, 0.4) is 0 Å². The number of carbonyl (C=O) groups excluding carboxylic acids is 9. The zero-order chi connectivity index (χ0) is 59.8. The summed E-state index contributed by atoms with van der Waals surface area (Å²) in [4.78, 5) is 154. The van der Waals surface area contributed by atoms with Crippen molar-refractivity contribution in [1.82, 2.24) is 58.5 Å². The van der Waals surface area contributed by atoms with Crippen LogP contribution in [0.2, 0.25) is 0 Å². The summed E-state index contributed by atoms with van der Waals surface area (Å²) >= 11 is 0. The van der Waals surface area contributed by atoms with Crippen molar-refractivity contribution in [3.05, 3.63) is 0 Å². The van der Waals surface area contributed by atoms with Crippen LogP contribution in [0.5, 0.6) is 0 Å². The van der Waals surface area contributed by atoms with E-state index in [2.05, 4.69) is 53.2 Å². The average molecular weight is 1120 g/mol. The molecule has 0 radical (unpaired) electrons. The van der Waals surface area contributed by atoms with Crippen LogP contribution in [0.25, 0.3) is 0 Å². The van der Waals surface area contributed by atoms with E-state index in [9.17, 15) is 83.1 Å². The molecule has 440 valence electrons. The van der Waals surface area contributed by atoms with Gasteiger partial charge in [-0.1, -0.05) is 0 Å². The normalized spacial score (nSPS) is 14.6. The Morgan fingerprint density at radius 2 is 0.795 bits per heavy atom. The number of nitrogens with one attached hydrogen (secondary N) is 14. The van der Waals surface area contributed by atoms with Gasteiger partial charge in [-0.05, 0) is 65.2 Å². The molecule has 0 aliphatic rings. The number of rotatable bonds is 39. The first-order valence-corrected chi connectivity index (χ1v) is 24.1. The summed E-state index contributed by atoms with van der Waals surface area (Å²) in [6.45, 7) is 1.26. The summed E-state index contributed by atoms with van der Waals surface area (Å²) in [5, 5.41) is 95.4. The molecule has 0 spiro atoms. The minimum Gasteiger partial charge on any atom is -0.481 e. The SMILES string of the molecule is C[C@@H](O)[C@H](NC(=O)[C@H](CCC(=O)O)NC(=O)[C@H](CCC(=O)O)NC(=O)[C@@H](NC(=O)CNC(=O)[C@H](CC(N)=O)NC(=O)[C@H](CCCNC(=N)N)NC(=O)[C@H](CCCNC(=N)N)NC(=O)[C@@H](N)CCCNC(=N)N)[C@@H](C)O)C(=O)O. The summed E-state index contributed by atoms with van der Waals surface area (Å²) in [7, 11) is 0. The van der Waals surface area contributed by atoms with Crippen molar-refractivity contribution < 1.29 is 83.1 Å². The molecule has 0 saturated heterocycles. The van der Waals surface area contributed by atoms with Gasteiger partial charge < -0.3 is 113 Å². The van der Waals surface area contributed by atoms with Crippen molar-refractivity contribution in [3.63, 3.8) is 0 Å². The van der Waals surface area contributed by atoms with E-state index in [4.69, 9.17) is 44.9 Å². The maximum atomic E-state index is 13.9. The molecule has 0 aliphatic heterocycles. The zero-order valence-corrected chi connectivity index (χ0v) is 42.9. The predicted octanol–water partition coefficient (Wildman–Crippen LogP) is -9.94. The Balaban J connectivity index is 6.44. The number of aliphatic hydroxyl groups excluding tert-OH is 2. The Hall–Kier alpha value is -8.67. The highest BCUT2D eigenvalue weighted by Crippen LogP contribution is 2.08. The number of hydrogen-bond donors (Lipinski definition) is 24. The number of nitrogens with two attached hydrogens (primary N) is 5. The number of hydrogen-bond acceptors (Lipinski definition) is 18. The van der Waals surface area contributed by atoms with Crippen LogP contribution >= 0.6 is 0 Å². The van der Waals surface area contributed by atoms with Crippen LogP contribution in [0.1, 0.15) is 84.5 Å². The summed E-state index contributed by atoms with van der Waals surface area (Å²) in [5.41, 5.74) is 27.4. The molecule has 36 heteroatoms. The number of aliphatic carboxylic acids is 3. The van der Waals surface area contributed by atoms with Crippen molar-refractivity contribution >= 4 is 89.0 Å². The number of amides is 9. The lowest BCUT2D eigenvalue weighted by atomic mass is 10.0. The number of guanidine groups is 3. The second-order valence-corrected chi connectivity index (χ2v) is 17.5. The van der Waals surface area contributed by atoms with Gasteiger partial charge in [-0.3, -0.25) is 69.0 Å². The molecule has 0 aromatic rings. The molecule has 0 fully saturated rings. The number of carboxylic acid groups (broad SMARTS) is 3. The third-order valence-corrected chi connectivity index (χ3v) is 10.7. The van der Waals surface area contributed by atoms with Gasteiger partial charge in [-0.2, -0.15) is 0 Å². The summed E-state index contributed by atoms with van der Waals surface area (Å²) in [6.07, 6.45) is -7.05. The topological polar surface area (TPSA) is 640 Å². The van der Waals surface area contributed by atoms with Gasteiger partial charge in [0.05, 0.1) is 31.2 Å². The number of carbonyl (C=O) groups is 12. The molecule has 0 unspecified atom stereocenters. The zero-order valence-electron chi connectivity index (χ0n) is 42.9. The Morgan fingerprint density at radius 3 is 1.17 bits per heavy atom. The highest BCUT2D eigenvalue weighted by molar-refractivity contribution is 5.98. The summed E-state index contributed by atoms with van der Waals surface area (Å²) < 4.78 is 0. The molecule has 0 aromatic heterocycles. The molecule has 0 heterocycles. The third-order valence-electron chi connectivity index (χ3n) is 10.7. The van der Waals surface area contributed by atoms with E-state index in [1.807, 2.05) is 5.32 Å². The lowest BCUT2D eigenvalue weighted by Gasteiger charge is -2.27. The van der Waals surface area contributed by atoms with Gasteiger partial charge in [0.15, 0.2) is 23.9 Å². The molecule has 0 aliphatic carbocycles. The molecule has 0 bridgehead atoms. The van der Waals surface area contributed by atoms with E-state index in [0.717, 1.165) is 13.8 Å². The van der Waals surface area contributed by atoms with Crippen molar-refractivity contribution in [1.29, 1.82) is 16.2 Å². The fraction of sp³-hybridized carbons (Fsp3) is 0.643. The van der Waals surface area contributed by atoms with Gasteiger partial charge in [0.2, 0.25) is 53.2 Å². The standard InChI is InChI=1S/C42H75N19O17/c1-18(62)30(38(76)58-23(9-11-28(66)67)36(74)57-24(10-12-29(68)69)37(75)61-31(19(2)63)39(77)78)60-27(65)17-54-33(71)25(16-26(44)64)59-35(73)22(8-5-15-53-42(49)50)56-34(72)21(7-4-14-52-41(47)48)55-32(70)20(43)6-3-13-51-40(45)46/h18-25,30-31,62-63H,3-17,43H2,1-2H3,(H2,44,64)(H,54,71)(H,55,70)(H,56,72)(H,57,74)(H,58,76)(H,59,73)(H,60,65)(H,61,75)(H,66,67)(H,68,69)(H,77,78)(H4,45,46,51)(H4,47,48,52)(H4,49,50,53)/t18-,19-,20+,21+,22+,23+,24+,25+,30+,31+/m1/s1. The van der Waals surface area contributed by atoms with Gasteiger partial charge in [0.1, 0.15) is 36.3 Å². The third kappa shape index (κ3) is 30.0. The lowest BCUT2D eigenvalue weighted by molar-refractivity contribution is -0.145. The first-order chi connectivity index (χ1) is 36.4. The van der Waals surface area contributed by atoms with Crippen molar-refractivity contribution in [3.8, 4) is 0 Å². The first-order valence-electron chi connectivity index (χ1n) is 24.1. The van der Waals surface area contributed by atoms with E-state index >= 15 is 0 Å². The Morgan fingerprint density at radius 1 is 0.436 bits per heavy atom. The molecule has 10 atom stereocenters. The molecule has 29 N–H and O–H groups in total. The van der Waals surface area contributed by atoms with Crippen molar-refractivity contribution in [2.75, 3.05) is 26.2 Å². The predicted molar refractivity (Wildman–Crippen MR) is 271 cm³/mol. The molecule has 0 rings (SSSR count). The van der Waals surface area contributed by atoms with Crippen LogP contribution in [0, 0.1) is 16.2 Å². The smallest absolute Gasteiger partial charge is 0.328 e. The average Bonchev–Trinajstić information content (AvgIpc) is 3.33. The minimum absolute atomic E-state index is 0.00292. The second kappa shape index (κ2) is 36.3. The highest BCUT2D eigenvalue weighted by Gasteiger charge is 2.35. The van der Waals surface area contributed by atoms with Crippen LogP contribution in [0.4, 0.5) is 0 Å². The van der Waals surface area contributed by atoms with E-state index in [-0.39, 0.29) is 63.7 Å². The quantitative estimate of drug-likeness (QED) is 0.0154. The van der Waals surface area contributed by atoms with Crippen LogP contribution < -0.4 is 87.2 Å². The molecule has 0 aromatic carbocycles. The van der Waals surface area contributed by atoms with Gasteiger partial charge in [0.25, 0.3) is 0 Å². The molecular weight excluding hydrogens is 1040 g/mol. The van der Waals surface area contributed by atoms with Gasteiger partial charge in [-0.25, -0.2) is 4.79 Å². The van der Waals surface area contributed by atoms with Crippen molar-refractivity contribution in [2.24, 2.45) is 28.7 Å². The highest BCUT2D eigenvalue weighted by atomic mass is 16.4. The monoisotopic (exact) mass is 1120 g/mol. The summed E-state index contributed by atoms with van der Waals surface area (Å²) in [5.74, 6) is -16.1. The lowest BCUT2D eigenvalue weighted by Crippen LogP contribution is -2.60. The Bertz CT molecular complexity index is 2150. The van der Waals surface area contributed by atoms with Crippen molar-refractivity contribution in [2.45, 2.75) is 145 Å². The number of primary amides is 1. The molecule has 78 heavy (non-hydrogen) atoms. The molecule has 0 saturated carbocycles. The molecular formula is C42H75N19O17. The van der Waals surface area contributed by atoms with Crippen LogP contribution in [-0.4, -0.2) is 201 Å². The maximum absolute atomic E-state index is 13.9. The number of carboxylic acids is 3.